The first-order valence-corrected chi connectivity index (χ1v) is 13.3. The molecule has 0 fully saturated rings. The van der Waals surface area contributed by atoms with Gasteiger partial charge < -0.3 is 5.73 Å². The van der Waals surface area contributed by atoms with Crippen molar-refractivity contribution in [3.8, 4) is 28.1 Å². The van der Waals surface area contributed by atoms with Crippen LogP contribution >= 0.6 is 0 Å². The van der Waals surface area contributed by atoms with Crippen LogP contribution in [0.5, 0.6) is 0 Å². The molecule has 2 aliphatic carbocycles. The van der Waals surface area contributed by atoms with Crippen LogP contribution in [0.1, 0.15) is 42.8 Å². The number of Topliss-reactive ketones (excluding diaryl/α,β-unsaturated/α-hetero) is 1. The molecular weight excluding hydrogens is 486 g/mol. The lowest BCUT2D eigenvalue weighted by Gasteiger charge is -2.45. The fourth-order valence-corrected chi connectivity index (χ4v) is 6.51. The molecule has 0 saturated carbocycles. The van der Waals surface area contributed by atoms with Crippen molar-refractivity contribution in [2.45, 2.75) is 46.0 Å². The van der Waals surface area contributed by atoms with Crippen molar-refractivity contribution in [2.75, 3.05) is 0 Å². The first-order chi connectivity index (χ1) is 18.7. The van der Waals surface area contributed by atoms with E-state index in [4.69, 9.17) is 10.8 Å². The number of amides is 1. The van der Waals surface area contributed by atoms with E-state index in [-0.39, 0.29) is 23.2 Å². The molecular formula is C32H31N5O2. The van der Waals surface area contributed by atoms with Gasteiger partial charge in [-0.3, -0.25) is 9.59 Å². The van der Waals surface area contributed by atoms with E-state index in [2.05, 4.69) is 72.6 Å². The number of hydrogen-bond donors (Lipinski definition) is 1. The number of hydrogen-bond acceptors (Lipinski definition) is 5. The lowest BCUT2D eigenvalue weighted by atomic mass is 9.57. The second-order valence-corrected chi connectivity index (χ2v) is 11.1. The number of nitrogens with zero attached hydrogens (tertiary/aromatic N) is 4. The Labute approximate surface area is 227 Å². The highest BCUT2D eigenvalue weighted by atomic mass is 16.2. The molecule has 7 nitrogen and oxygen atoms in total. The van der Waals surface area contributed by atoms with Crippen molar-refractivity contribution in [3.63, 3.8) is 0 Å². The van der Waals surface area contributed by atoms with Crippen molar-refractivity contribution in [1.29, 1.82) is 0 Å². The number of primary amides is 1. The van der Waals surface area contributed by atoms with Crippen LogP contribution in [0.25, 0.3) is 28.1 Å². The van der Waals surface area contributed by atoms with Crippen molar-refractivity contribution >= 4 is 11.7 Å². The van der Waals surface area contributed by atoms with Crippen LogP contribution in [-0.4, -0.2) is 31.7 Å². The van der Waals surface area contributed by atoms with E-state index in [1.165, 1.54) is 5.56 Å². The quantitative estimate of drug-likeness (QED) is 0.381. The van der Waals surface area contributed by atoms with Crippen molar-refractivity contribution in [1.82, 2.24) is 20.0 Å². The van der Waals surface area contributed by atoms with Gasteiger partial charge in [-0.1, -0.05) is 61.9 Å². The Morgan fingerprint density at radius 1 is 1.03 bits per heavy atom. The van der Waals surface area contributed by atoms with Gasteiger partial charge in [0.1, 0.15) is 0 Å². The Balaban J connectivity index is 1.57. The molecule has 39 heavy (non-hydrogen) atoms. The zero-order valence-electron chi connectivity index (χ0n) is 22.6. The van der Waals surface area contributed by atoms with E-state index in [0.29, 0.717) is 0 Å². The minimum Gasteiger partial charge on any atom is -0.365 e. The SMILES string of the molecule is Cc1ccc(-c2nn(-c3ccc(-c4cnnc(C)c4)cc3)c3c2CC[C@@H]2[C@@H](C)C(=O)C(C(N)=O)=C[C@@]32C)cc1. The third-order valence-electron chi connectivity index (χ3n) is 8.51. The predicted molar refractivity (Wildman–Crippen MR) is 150 cm³/mol. The van der Waals surface area contributed by atoms with Gasteiger partial charge in [0.15, 0.2) is 5.78 Å². The number of aryl methyl sites for hydroxylation is 2. The number of allylic oxidation sites excluding steroid dienone is 1. The summed E-state index contributed by atoms with van der Waals surface area (Å²) < 4.78 is 2.01. The molecule has 0 bridgehead atoms. The molecule has 7 heteroatoms. The van der Waals surface area contributed by atoms with Gasteiger partial charge in [0, 0.05) is 28.0 Å². The molecule has 2 N–H and O–H groups in total. The van der Waals surface area contributed by atoms with Crippen molar-refractivity contribution in [2.24, 2.45) is 17.6 Å². The topological polar surface area (TPSA) is 104 Å². The summed E-state index contributed by atoms with van der Waals surface area (Å²) in [4.78, 5) is 25.4. The first-order valence-electron chi connectivity index (χ1n) is 13.3. The van der Waals surface area contributed by atoms with Crippen LogP contribution in [0, 0.1) is 25.7 Å². The molecule has 4 aromatic rings. The van der Waals surface area contributed by atoms with Crippen LogP contribution in [0.4, 0.5) is 0 Å². The van der Waals surface area contributed by atoms with Gasteiger partial charge in [-0.25, -0.2) is 4.68 Å². The summed E-state index contributed by atoms with van der Waals surface area (Å²) in [6, 6.07) is 18.7. The zero-order valence-corrected chi connectivity index (χ0v) is 22.6. The third-order valence-corrected chi connectivity index (χ3v) is 8.51. The molecule has 196 valence electrons. The van der Waals surface area contributed by atoms with Gasteiger partial charge in [-0.05, 0) is 56.4 Å². The van der Waals surface area contributed by atoms with E-state index in [1.54, 1.807) is 6.20 Å². The van der Waals surface area contributed by atoms with E-state index >= 15 is 0 Å². The summed E-state index contributed by atoms with van der Waals surface area (Å²) in [7, 11) is 0. The second-order valence-electron chi connectivity index (χ2n) is 11.1. The maximum Gasteiger partial charge on any atom is 0.252 e. The van der Waals surface area contributed by atoms with Crippen LogP contribution in [0.2, 0.25) is 0 Å². The molecule has 2 heterocycles. The number of carbonyl (C=O) groups is 2. The molecule has 0 spiro atoms. The van der Waals surface area contributed by atoms with Crippen LogP contribution in [-0.2, 0) is 21.4 Å². The smallest absolute Gasteiger partial charge is 0.252 e. The number of rotatable bonds is 4. The number of benzene rings is 2. The standard InChI is InChI=1S/C32H31N5O2/c1-18-5-7-22(8-6-18)28-25-13-14-27-20(3)29(38)26(31(33)39)16-32(27,4)30(25)37(36-28)24-11-9-21(10-12-24)23-15-19(2)35-34-17-23/h5-12,15-17,20,27H,13-14H2,1-4H3,(H2,33,39)/t20-,27-,32-/m1/s1. The van der Waals surface area contributed by atoms with Gasteiger partial charge in [0.2, 0.25) is 0 Å². The highest BCUT2D eigenvalue weighted by Crippen LogP contribution is 2.52. The van der Waals surface area contributed by atoms with Crippen LogP contribution < -0.4 is 5.73 Å². The number of ketones is 1. The Morgan fingerprint density at radius 2 is 1.72 bits per heavy atom. The molecule has 0 unspecified atom stereocenters. The minimum atomic E-state index is -0.672. The zero-order chi connectivity index (χ0) is 27.5. The van der Waals surface area contributed by atoms with Gasteiger partial charge in [0.25, 0.3) is 5.91 Å². The van der Waals surface area contributed by atoms with Crippen molar-refractivity contribution < 1.29 is 9.59 Å². The second kappa shape index (κ2) is 9.12. The summed E-state index contributed by atoms with van der Waals surface area (Å²) in [5.74, 6) is -1.11. The summed E-state index contributed by atoms with van der Waals surface area (Å²) >= 11 is 0. The number of carbonyl (C=O) groups excluding carboxylic acids is 2. The summed E-state index contributed by atoms with van der Waals surface area (Å²) in [5.41, 5.74) is 14.3. The number of fused-ring (bicyclic) bond motifs is 3. The molecule has 0 radical (unpaired) electrons. The molecule has 0 aliphatic heterocycles. The van der Waals surface area contributed by atoms with E-state index in [0.717, 1.165) is 57.9 Å². The fourth-order valence-electron chi connectivity index (χ4n) is 6.51. The summed E-state index contributed by atoms with van der Waals surface area (Å²) in [5, 5.41) is 13.3. The van der Waals surface area contributed by atoms with Gasteiger partial charge in [0.05, 0.1) is 34.5 Å². The summed E-state index contributed by atoms with van der Waals surface area (Å²) in [6.45, 7) is 8.04. The Bertz CT molecular complexity index is 1650. The monoisotopic (exact) mass is 517 g/mol. The first kappa shape index (κ1) is 24.9. The minimum absolute atomic E-state index is 0.0343. The number of nitrogens with two attached hydrogens (primary N) is 1. The average Bonchev–Trinajstić information content (AvgIpc) is 3.32. The predicted octanol–water partition coefficient (Wildman–Crippen LogP) is 5.06. The molecule has 3 atom stereocenters. The Kier molecular flexibility index (Phi) is 5.83. The Hall–Kier alpha value is -4.39. The van der Waals surface area contributed by atoms with Crippen LogP contribution in [0.3, 0.4) is 0 Å². The normalized spacial score (nSPS) is 22.2. The third kappa shape index (κ3) is 4.00. The van der Waals surface area contributed by atoms with Crippen molar-refractivity contribution in [3.05, 3.63) is 95.0 Å². The molecule has 6 rings (SSSR count). The van der Waals surface area contributed by atoms with Gasteiger partial charge in [-0.15, -0.1) is 0 Å². The van der Waals surface area contributed by atoms with Gasteiger partial charge in [-0.2, -0.15) is 15.3 Å². The summed E-state index contributed by atoms with van der Waals surface area (Å²) in [6.07, 6.45) is 5.21. The van der Waals surface area contributed by atoms with E-state index < -0.39 is 11.3 Å². The average molecular weight is 518 g/mol. The number of aromatic nitrogens is 4. The van der Waals surface area contributed by atoms with Crippen LogP contribution in [0.15, 0.2) is 72.4 Å². The Morgan fingerprint density at radius 3 is 2.38 bits per heavy atom. The van der Waals surface area contributed by atoms with Gasteiger partial charge >= 0.3 is 0 Å². The molecule has 2 aliphatic rings. The lowest BCUT2D eigenvalue weighted by Crippen LogP contribution is -2.48. The molecule has 1 amide bonds. The molecule has 2 aromatic heterocycles. The van der Waals surface area contributed by atoms with E-state index in [9.17, 15) is 9.59 Å². The molecule has 0 saturated heterocycles. The highest BCUT2D eigenvalue weighted by molar-refractivity contribution is 6.20. The molecule has 2 aromatic carbocycles. The lowest BCUT2D eigenvalue weighted by molar-refractivity contribution is -0.125. The highest BCUT2D eigenvalue weighted by Gasteiger charge is 2.51. The largest absolute Gasteiger partial charge is 0.365 e. The maximum atomic E-state index is 13.1. The maximum absolute atomic E-state index is 13.1. The fraction of sp³-hybridized carbons (Fsp3) is 0.281. The van der Waals surface area contributed by atoms with E-state index in [1.807, 2.05) is 30.7 Å².